The zero-order valence-electron chi connectivity index (χ0n) is 27.5. The second-order valence-corrected chi connectivity index (χ2v) is 13.5. The van der Waals surface area contributed by atoms with E-state index in [2.05, 4.69) is 10.2 Å². The number of halogens is 7. The van der Waals surface area contributed by atoms with Gasteiger partial charge >= 0.3 is 18.3 Å². The number of amides is 1. The molecular weight excluding hydrogens is 681 g/mol. The fourth-order valence-electron chi connectivity index (χ4n) is 7.44. The van der Waals surface area contributed by atoms with Crippen LogP contribution >= 0.6 is 0 Å². The van der Waals surface area contributed by atoms with Crippen molar-refractivity contribution in [2.75, 3.05) is 32.7 Å². The molecule has 2 aliphatic heterocycles. The lowest BCUT2D eigenvalue weighted by Gasteiger charge is -2.42. The number of hydrogen-bond donors (Lipinski definition) is 2. The van der Waals surface area contributed by atoms with E-state index in [9.17, 15) is 45.4 Å². The van der Waals surface area contributed by atoms with Crippen molar-refractivity contribution in [1.82, 2.24) is 20.1 Å². The fraction of sp³-hybridized carbons (Fsp3) is 0.432. The minimum Gasteiger partial charge on any atom is -0.480 e. The molecule has 3 aromatic carbocycles. The number of carbonyl (C=O) groups excluding carboxylic acids is 1. The number of carbonyl (C=O) groups is 2. The van der Waals surface area contributed by atoms with Gasteiger partial charge in [0.1, 0.15) is 17.6 Å². The van der Waals surface area contributed by atoms with Gasteiger partial charge in [0.25, 0.3) is 0 Å². The minimum atomic E-state index is -5.12. The zero-order valence-corrected chi connectivity index (χ0v) is 27.5. The van der Waals surface area contributed by atoms with Gasteiger partial charge in [-0.25, -0.2) is 9.18 Å². The molecule has 0 radical (unpaired) electrons. The molecule has 6 rings (SSSR count). The molecule has 51 heavy (non-hydrogen) atoms. The average molecular weight is 719 g/mol. The number of rotatable bonds is 9. The van der Waals surface area contributed by atoms with E-state index in [1.165, 1.54) is 0 Å². The predicted octanol–water partition coefficient (Wildman–Crippen LogP) is 7.31. The van der Waals surface area contributed by atoms with Crippen molar-refractivity contribution in [3.63, 3.8) is 0 Å². The van der Waals surface area contributed by atoms with Crippen molar-refractivity contribution in [2.24, 2.45) is 5.41 Å². The van der Waals surface area contributed by atoms with E-state index < -0.39 is 74.3 Å². The highest BCUT2D eigenvalue weighted by atomic mass is 19.4. The normalized spacial score (nSPS) is 19.6. The molecule has 0 bridgehead atoms. The van der Waals surface area contributed by atoms with E-state index >= 15 is 0 Å². The van der Waals surface area contributed by atoms with Gasteiger partial charge in [-0.15, -0.1) is 0 Å². The van der Waals surface area contributed by atoms with Gasteiger partial charge in [0.05, 0.1) is 12.2 Å². The summed E-state index contributed by atoms with van der Waals surface area (Å²) in [5.41, 5.74) is -0.237. The molecule has 2 saturated heterocycles. The summed E-state index contributed by atoms with van der Waals surface area (Å²) in [4.78, 5) is 33.4. The molecule has 3 heterocycles. The van der Waals surface area contributed by atoms with Gasteiger partial charge < -0.3 is 10.4 Å². The van der Waals surface area contributed by atoms with Crippen LogP contribution in [0.15, 0.2) is 66.9 Å². The van der Waals surface area contributed by atoms with E-state index in [1.54, 1.807) is 30.5 Å². The molecule has 4 aromatic rings. The molecular formula is C37H37F7N4O3. The smallest absolute Gasteiger partial charge is 0.403 e. The number of hydrogen-bond acceptors (Lipinski definition) is 5. The highest BCUT2D eigenvalue weighted by molar-refractivity contribution is 6.05. The molecule has 7 nitrogen and oxygen atoms in total. The molecule has 2 aliphatic rings. The van der Waals surface area contributed by atoms with Gasteiger partial charge in [0.2, 0.25) is 5.91 Å². The molecule has 0 unspecified atom stereocenters. The quantitative estimate of drug-likeness (QED) is 0.177. The second kappa shape index (κ2) is 14.4. The Bertz CT molecular complexity index is 1910. The largest absolute Gasteiger partial charge is 0.480 e. The van der Waals surface area contributed by atoms with E-state index in [-0.39, 0.29) is 6.42 Å². The van der Waals surface area contributed by atoms with Crippen LogP contribution in [0.3, 0.4) is 0 Å². The summed E-state index contributed by atoms with van der Waals surface area (Å²) in [7, 11) is 0. The summed E-state index contributed by atoms with van der Waals surface area (Å²) in [6.07, 6.45) is -9.71. The molecule has 272 valence electrons. The number of benzene rings is 3. The highest BCUT2D eigenvalue weighted by Gasteiger charge is 2.61. The molecule has 14 heteroatoms. The van der Waals surface area contributed by atoms with Crippen LogP contribution in [-0.4, -0.2) is 89.1 Å². The van der Waals surface area contributed by atoms with E-state index in [0.717, 1.165) is 39.8 Å². The number of carboxylic acid groups (broad SMARTS) is 1. The number of carboxylic acids is 1. The maximum absolute atomic E-state index is 14.4. The van der Waals surface area contributed by atoms with Crippen molar-refractivity contribution in [2.45, 2.75) is 63.2 Å². The first kappa shape index (κ1) is 36.5. The van der Waals surface area contributed by atoms with Gasteiger partial charge in [0.15, 0.2) is 0 Å². The minimum absolute atomic E-state index is 0.353. The van der Waals surface area contributed by atoms with Crippen LogP contribution in [0.25, 0.3) is 32.8 Å². The fourth-order valence-corrected chi connectivity index (χ4v) is 7.44. The maximum atomic E-state index is 14.4. The second-order valence-electron chi connectivity index (χ2n) is 13.5. The van der Waals surface area contributed by atoms with Crippen LogP contribution in [0.1, 0.15) is 36.8 Å². The number of aromatic nitrogens is 1. The van der Waals surface area contributed by atoms with Gasteiger partial charge in [-0.1, -0.05) is 60.7 Å². The monoisotopic (exact) mass is 718 g/mol. The van der Waals surface area contributed by atoms with Crippen molar-refractivity contribution in [3.05, 3.63) is 78.0 Å². The van der Waals surface area contributed by atoms with Crippen LogP contribution in [-0.2, 0) is 22.6 Å². The standard InChI is InChI=1S/C37H37F7N4O3/c38-25-7-5-15-48(21-25)20-24-19-45-32(29-9-2-1-8-27(24)29)30-12-4-10-26-23(6-3-11-28(26)30)18-31(33(49)50)46-34(51)35(37(42,43)44)13-16-47(17-14-35)22-36(39,40)41/h1-4,6,8-12,19,25,31H,5,7,13-18,20-22H2,(H,46,51)(H,49,50)/t25-,31-/m0/s1. The van der Waals surface area contributed by atoms with Gasteiger partial charge in [-0.05, 0) is 72.6 Å². The van der Waals surface area contributed by atoms with E-state index in [0.29, 0.717) is 41.5 Å². The Kier molecular flexibility index (Phi) is 10.3. The molecule has 0 saturated carbocycles. The van der Waals surface area contributed by atoms with Gasteiger partial charge in [-0.2, -0.15) is 26.3 Å². The number of nitrogens with one attached hydrogen (secondary N) is 1. The summed E-state index contributed by atoms with van der Waals surface area (Å²) in [6, 6.07) is 16.5. The highest BCUT2D eigenvalue weighted by Crippen LogP contribution is 2.47. The third-order valence-electron chi connectivity index (χ3n) is 10.1. The Balaban J connectivity index is 1.28. The Morgan fingerprint density at radius 1 is 0.863 bits per heavy atom. The number of piperidine rings is 2. The van der Waals surface area contributed by atoms with Crippen molar-refractivity contribution < 1.29 is 45.4 Å². The molecule has 0 spiro atoms. The van der Waals surface area contributed by atoms with Crippen LogP contribution in [0.2, 0.25) is 0 Å². The van der Waals surface area contributed by atoms with Crippen LogP contribution in [0.4, 0.5) is 30.7 Å². The van der Waals surface area contributed by atoms with Crippen LogP contribution in [0.5, 0.6) is 0 Å². The van der Waals surface area contributed by atoms with Crippen molar-refractivity contribution in [3.8, 4) is 11.3 Å². The molecule has 2 atom stereocenters. The number of likely N-dealkylation sites (tertiary alicyclic amines) is 2. The molecule has 1 aromatic heterocycles. The van der Waals surface area contributed by atoms with Crippen molar-refractivity contribution in [1.29, 1.82) is 0 Å². The third kappa shape index (κ3) is 7.81. The topological polar surface area (TPSA) is 85.8 Å². The summed E-state index contributed by atoms with van der Waals surface area (Å²) in [5.74, 6) is -3.13. The number of fused-ring (bicyclic) bond motifs is 2. The number of aliphatic carboxylic acids is 1. The Labute approximate surface area is 289 Å². The summed E-state index contributed by atoms with van der Waals surface area (Å²) in [6.45, 7) is -0.974. The molecule has 2 fully saturated rings. The lowest BCUT2D eigenvalue weighted by atomic mass is 9.76. The SMILES string of the molecule is O=C(O)[C@H](Cc1cccc2c(-c3ncc(CN4CCC[C@H](F)C4)c4ccccc34)cccc12)NC(=O)C1(C(F)(F)F)CCN(CC(F)(F)F)CC1. The number of alkyl halides is 7. The lowest BCUT2D eigenvalue weighted by Crippen LogP contribution is -2.59. The van der Waals surface area contributed by atoms with Gasteiger partial charge in [-0.3, -0.25) is 19.6 Å². The van der Waals surface area contributed by atoms with Gasteiger partial charge in [0, 0.05) is 36.7 Å². The number of nitrogens with zero attached hydrogens (tertiary/aromatic N) is 3. The van der Waals surface area contributed by atoms with Crippen LogP contribution < -0.4 is 5.32 Å². The summed E-state index contributed by atoms with van der Waals surface area (Å²) >= 11 is 0. The Morgan fingerprint density at radius 3 is 2.18 bits per heavy atom. The first-order valence-electron chi connectivity index (χ1n) is 16.8. The number of pyridine rings is 1. The zero-order chi connectivity index (χ0) is 36.6. The van der Waals surface area contributed by atoms with E-state index in [4.69, 9.17) is 4.98 Å². The predicted molar refractivity (Wildman–Crippen MR) is 178 cm³/mol. The maximum Gasteiger partial charge on any atom is 0.403 e. The third-order valence-corrected chi connectivity index (χ3v) is 10.1. The Hall–Kier alpha value is -4.30. The Morgan fingerprint density at radius 2 is 1.51 bits per heavy atom. The molecule has 1 amide bonds. The van der Waals surface area contributed by atoms with E-state index in [1.807, 2.05) is 36.4 Å². The van der Waals surface area contributed by atoms with Crippen molar-refractivity contribution >= 4 is 33.4 Å². The first-order chi connectivity index (χ1) is 24.1. The van der Waals surface area contributed by atoms with Crippen LogP contribution in [0, 0.1) is 5.41 Å². The summed E-state index contributed by atoms with van der Waals surface area (Å²) in [5, 5.41) is 15.3. The first-order valence-corrected chi connectivity index (χ1v) is 16.8. The summed E-state index contributed by atoms with van der Waals surface area (Å²) < 4.78 is 96.0. The molecule has 0 aliphatic carbocycles. The molecule has 2 N–H and O–H groups in total. The lowest BCUT2D eigenvalue weighted by molar-refractivity contribution is -0.236. The average Bonchev–Trinajstić information content (AvgIpc) is 3.07.